The van der Waals surface area contributed by atoms with Crippen molar-refractivity contribution < 1.29 is 13.5 Å². The van der Waals surface area contributed by atoms with Gasteiger partial charge in [-0.1, -0.05) is 3.97 Å². The SMILES string of the molecule is C[P+](=O)OSc1ccc([N+](=O)[O-])cc1. The van der Waals surface area contributed by atoms with Crippen molar-refractivity contribution in [3.8, 4) is 0 Å². The molecule has 7 heteroatoms. The van der Waals surface area contributed by atoms with Crippen LogP contribution in [0.3, 0.4) is 0 Å². The normalized spacial score (nSPS) is 11.1. The number of nitro groups is 1. The molecule has 14 heavy (non-hydrogen) atoms. The van der Waals surface area contributed by atoms with Gasteiger partial charge in [0.1, 0.15) is 0 Å². The standard InChI is InChI=1S/C7H7NO4PS/c1-13(11)12-14-7-4-2-6(3-5-7)8(9)10/h2-5H,1H3/q+1. The molecule has 74 valence electrons. The Morgan fingerprint density at radius 1 is 1.43 bits per heavy atom. The molecular formula is C7H7NO4PS+. The molecule has 0 spiro atoms. The van der Waals surface area contributed by atoms with Crippen molar-refractivity contribution in [2.24, 2.45) is 0 Å². The molecule has 0 aliphatic heterocycles. The number of hydrogen-bond acceptors (Lipinski definition) is 5. The molecule has 1 atom stereocenters. The molecule has 0 saturated heterocycles. The smallest absolute Gasteiger partial charge is 0.258 e. The van der Waals surface area contributed by atoms with E-state index in [0.29, 0.717) is 4.90 Å². The summed E-state index contributed by atoms with van der Waals surface area (Å²) in [7, 11) is -1.67. The highest BCUT2D eigenvalue weighted by Gasteiger charge is 2.10. The quantitative estimate of drug-likeness (QED) is 0.345. The lowest BCUT2D eigenvalue weighted by Crippen LogP contribution is -1.86. The van der Waals surface area contributed by atoms with Crippen molar-refractivity contribution in [3.05, 3.63) is 34.4 Å². The summed E-state index contributed by atoms with van der Waals surface area (Å²) in [5.41, 5.74) is 0.0234. The van der Waals surface area contributed by atoms with E-state index in [0.717, 1.165) is 12.0 Å². The Morgan fingerprint density at radius 2 is 2.00 bits per heavy atom. The number of hydrogen-bond donors (Lipinski definition) is 0. The van der Waals surface area contributed by atoms with Crippen molar-refractivity contribution in [2.75, 3.05) is 6.66 Å². The highest BCUT2D eigenvalue weighted by Crippen LogP contribution is 2.31. The molecule has 0 amide bonds. The van der Waals surface area contributed by atoms with Crippen molar-refractivity contribution in [1.29, 1.82) is 0 Å². The van der Waals surface area contributed by atoms with Crippen LogP contribution in [0.2, 0.25) is 0 Å². The van der Waals surface area contributed by atoms with Crippen LogP contribution in [0.1, 0.15) is 0 Å². The fraction of sp³-hybridized carbons (Fsp3) is 0.143. The minimum Gasteiger partial charge on any atom is -0.258 e. The second-order valence-electron chi connectivity index (χ2n) is 2.35. The van der Waals surface area contributed by atoms with Gasteiger partial charge in [-0.15, -0.1) is 0 Å². The maximum Gasteiger partial charge on any atom is 0.517 e. The summed E-state index contributed by atoms with van der Waals surface area (Å²) in [5, 5.41) is 10.3. The summed E-state index contributed by atoms with van der Waals surface area (Å²) >= 11 is 0.943. The van der Waals surface area contributed by atoms with Crippen molar-refractivity contribution in [2.45, 2.75) is 4.90 Å². The summed E-state index contributed by atoms with van der Waals surface area (Å²) in [6, 6.07) is 5.83. The second kappa shape index (κ2) is 5.05. The van der Waals surface area contributed by atoms with Gasteiger partial charge < -0.3 is 0 Å². The average molecular weight is 232 g/mol. The van der Waals surface area contributed by atoms with E-state index in [4.69, 9.17) is 3.97 Å². The summed E-state index contributed by atoms with van der Waals surface area (Å²) in [4.78, 5) is 10.5. The fourth-order valence-corrected chi connectivity index (χ4v) is 1.73. The average Bonchev–Trinajstić information content (AvgIpc) is 2.15. The first kappa shape index (κ1) is 11.1. The minimum absolute atomic E-state index is 0.0234. The van der Waals surface area contributed by atoms with Gasteiger partial charge in [0.25, 0.3) is 5.69 Å². The highest BCUT2D eigenvalue weighted by molar-refractivity contribution is 7.97. The predicted molar refractivity (Wildman–Crippen MR) is 53.6 cm³/mol. The first-order valence-electron chi connectivity index (χ1n) is 3.59. The zero-order valence-electron chi connectivity index (χ0n) is 7.25. The molecule has 1 aromatic rings. The van der Waals surface area contributed by atoms with Gasteiger partial charge in [-0.3, -0.25) is 10.1 Å². The van der Waals surface area contributed by atoms with E-state index in [1.807, 2.05) is 0 Å². The zero-order chi connectivity index (χ0) is 10.6. The third-order valence-electron chi connectivity index (χ3n) is 1.29. The van der Waals surface area contributed by atoms with Crippen LogP contribution in [0.15, 0.2) is 29.2 Å². The third-order valence-corrected chi connectivity index (χ3v) is 2.89. The maximum absolute atomic E-state index is 10.6. The van der Waals surface area contributed by atoms with Crippen LogP contribution in [-0.2, 0) is 8.54 Å². The molecule has 1 rings (SSSR count). The number of rotatable bonds is 4. The molecule has 0 radical (unpaired) electrons. The number of nitro benzene ring substituents is 1. The lowest BCUT2D eigenvalue weighted by atomic mass is 10.3. The van der Waals surface area contributed by atoms with Crippen LogP contribution < -0.4 is 0 Å². The number of nitrogens with zero attached hydrogens (tertiary/aromatic N) is 1. The van der Waals surface area contributed by atoms with E-state index in [2.05, 4.69) is 0 Å². The molecule has 0 fully saturated rings. The fourth-order valence-electron chi connectivity index (χ4n) is 0.719. The molecule has 1 aromatic carbocycles. The molecule has 0 heterocycles. The summed E-state index contributed by atoms with van der Waals surface area (Å²) in [6.45, 7) is 1.44. The Morgan fingerprint density at radius 3 is 2.43 bits per heavy atom. The molecule has 0 saturated carbocycles. The van der Waals surface area contributed by atoms with Crippen LogP contribution in [-0.4, -0.2) is 11.6 Å². The summed E-state index contributed by atoms with van der Waals surface area (Å²) < 4.78 is 15.4. The topological polar surface area (TPSA) is 69.4 Å². The van der Waals surface area contributed by atoms with Crippen molar-refractivity contribution >= 4 is 25.8 Å². The van der Waals surface area contributed by atoms with Crippen LogP contribution >= 0.6 is 20.1 Å². The second-order valence-corrected chi connectivity index (χ2v) is 4.46. The third kappa shape index (κ3) is 3.41. The van der Waals surface area contributed by atoms with E-state index in [1.54, 1.807) is 12.1 Å². The number of non-ortho nitro benzene ring substituents is 1. The minimum atomic E-state index is -1.67. The van der Waals surface area contributed by atoms with E-state index in [-0.39, 0.29) is 5.69 Å². The zero-order valence-corrected chi connectivity index (χ0v) is 8.96. The predicted octanol–water partition coefficient (Wildman–Crippen LogP) is 2.99. The van der Waals surface area contributed by atoms with Crippen LogP contribution in [0, 0.1) is 10.1 Å². The Labute approximate surface area is 85.7 Å². The first-order chi connectivity index (χ1) is 6.59. The van der Waals surface area contributed by atoms with Crippen molar-refractivity contribution in [1.82, 2.24) is 0 Å². The lowest BCUT2D eigenvalue weighted by molar-refractivity contribution is -0.384. The van der Waals surface area contributed by atoms with Gasteiger partial charge in [0, 0.05) is 17.0 Å². The van der Waals surface area contributed by atoms with E-state index >= 15 is 0 Å². The van der Waals surface area contributed by atoms with Gasteiger partial charge >= 0.3 is 8.03 Å². The van der Waals surface area contributed by atoms with Gasteiger partial charge in [-0.2, -0.15) is 0 Å². The molecule has 1 unspecified atom stereocenters. The summed E-state index contributed by atoms with van der Waals surface area (Å²) in [6.07, 6.45) is 0. The van der Waals surface area contributed by atoms with Gasteiger partial charge in [-0.05, 0) is 16.7 Å². The first-order valence-corrected chi connectivity index (χ1v) is 5.96. The molecule has 5 nitrogen and oxygen atoms in total. The monoisotopic (exact) mass is 232 g/mol. The largest absolute Gasteiger partial charge is 0.517 e. The molecule has 0 bridgehead atoms. The van der Waals surface area contributed by atoms with E-state index < -0.39 is 13.0 Å². The van der Waals surface area contributed by atoms with Gasteiger partial charge in [-0.25, -0.2) is 0 Å². The van der Waals surface area contributed by atoms with Gasteiger partial charge in [0.2, 0.25) is 0 Å². The van der Waals surface area contributed by atoms with Crippen LogP contribution in [0.5, 0.6) is 0 Å². The highest BCUT2D eigenvalue weighted by atomic mass is 32.2. The van der Waals surface area contributed by atoms with Gasteiger partial charge in [0.15, 0.2) is 6.66 Å². The van der Waals surface area contributed by atoms with Crippen molar-refractivity contribution in [3.63, 3.8) is 0 Å². The Hall–Kier alpha value is -0.970. The number of benzene rings is 1. The molecule has 0 aromatic heterocycles. The molecule has 0 aliphatic carbocycles. The van der Waals surface area contributed by atoms with Gasteiger partial charge in [0.05, 0.1) is 17.0 Å². The van der Waals surface area contributed by atoms with E-state index in [1.165, 1.54) is 18.8 Å². The maximum atomic E-state index is 10.6. The molecular weight excluding hydrogens is 225 g/mol. The molecule has 0 aliphatic rings. The van der Waals surface area contributed by atoms with E-state index in [9.17, 15) is 14.7 Å². The summed E-state index contributed by atoms with van der Waals surface area (Å²) in [5.74, 6) is 0. The van der Waals surface area contributed by atoms with Crippen LogP contribution in [0.25, 0.3) is 0 Å². The molecule has 0 N–H and O–H groups in total. The Bertz CT molecular complexity index is 353. The van der Waals surface area contributed by atoms with Crippen LogP contribution in [0.4, 0.5) is 5.69 Å². The Kier molecular flexibility index (Phi) is 4.00. The lowest BCUT2D eigenvalue weighted by Gasteiger charge is -1.93. The Balaban J connectivity index is 2.64.